The summed E-state index contributed by atoms with van der Waals surface area (Å²) in [6.07, 6.45) is 2.23. The van der Waals surface area contributed by atoms with Crippen LogP contribution in [0, 0.1) is 0 Å². The van der Waals surface area contributed by atoms with Gasteiger partial charge in [-0.05, 0) is 18.9 Å². The molecule has 1 atom stereocenters. The zero-order valence-electron chi connectivity index (χ0n) is 10.7. The number of hydrogen-bond acceptors (Lipinski definition) is 3. The number of likely N-dealkylation sites (N-methyl/N-ethyl adjacent to an activating group) is 1. The molecule has 1 aromatic rings. The van der Waals surface area contributed by atoms with Gasteiger partial charge in [0, 0.05) is 6.54 Å². The number of guanidine groups is 1. The molecule has 2 rings (SSSR count). The molecule has 1 aromatic carbocycles. The lowest BCUT2D eigenvalue weighted by Crippen LogP contribution is -2.49. The van der Waals surface area contributed by atoms with Crippen molar-refractivity contribution in [2.45, 2.75) is 32.2 Å². The molecule has 0 amide bonds. The van der Waals surface area contributed by atoms with Crippen molar-refractivity contribution in [1.82, 2.24) is 4.90 Å². The summed E-state index contributed by atoms with van der Waals surface area (Å²) in [5.74, 6) is 0.685. The number of aliphatic imine (C=N–C) groups is 1. The topological polar surface area (TPSA) is 41.6 Å². The molecule has 3 nitrogen and oxygen atoms in total. The van der Waals surface area contributed by atoms with Crippen molar-refractivity contribution in [2.24, 2.45) is 10.7 Å². The Labute approximate surface area is 103 Å². The first kappa shape index (κ1) is 12.0. The number of nitrogens with zero attached hydrogens (tertiary/aromatic N) is 2. The van der Waals surface area contributed by atoms with Crippen LogP contribution in [0.3, 0.4) is 0 Å². The second-order valence-corrected chi connectivity index (χ2v) is 4.57. The van der Waals surface area contributed by atoms with Crippen LogP contribution in [0.15, 0.2) is 35.3 Å². The molecule has 1 unspecified atom stereocenters. The molecule has 1 aliphatic rings. The van der Waals surface area contributed by atoms with Crippen molar-refractivity contribution in [1.29, 1.82) is 0 Å². The number of benzene rings is 1. The SMILES string of the molecule is CCCC1(c2ccccc2)CN=C(N)N1CC. The van der Waals surface area contributed by atoms with E-state index in [4.69, 9.17) is 5.73 Å². The fraction of sp³-hybridized carbons (Fsp3) is 0.500. The van der Waals surface area contributed by atoms with E-state index >= 15 is 0 Å². The van der Waals surface area contributed by atoms with Crippen LogP contribution in [0.25, 0.3) is 0 Å². The van der Waals surface area contributed by atoms with Gasteiger partial charge >= 0.3 is 0 Å². The summed E-state index contributed by atoms with van der Waals surface area (Å²) in [6.45, 7) is 6.04. The summed E-state index contributed by atoms with van der Waals surface area (Å²) in [5.41, 5.74) is 7.32. The molecule has 0 spiro atoms. The first-order chi connectivity index (χ1) is 8.24. The highest BCUT2D eigenvalue weighted by Gasteiger charge is 2.41. The highest BCUT2D eigenvalue weighted by molar-refractivity contribution is 5.81. The Kier molecular flexibility index (Phi) is 3.36. The van der Waals surface area contributed by atoms with Crippen molar-refractivity contribution >= 4 is 5.96 Å². The van der Waals surface area contributed by atoms with Crippen molar-refractivity contribution in [3.63, 3.8) is 0 Å². The summed E-state index contributed by atoms with van der Waals surface area (Å²) in [5, 5.41) is 0. The third-order valence-electron chi connectivity index (χ3n) is 3.59. The maximum Gasteiger partial charge on any atom is 0.192 e. The van der Waals surface area contributed by atoms with Gasteiger partial charge in [-0.15, -0.1) is 0 Å². The van der Waals surface area contributed by atoms with E-state index in [1.807, 2.05) is 0 Å². The summed E-state index contributed by atoms with van der Waals surface area (Å²) in [7, 11) is 0. The van der Waals surface area contributed by atoms with Gasteiger partial charge in [0.05, 0.1) is 12.1 Å². The molecule has 1 heterocycles. The van der Waals surface area contributed by atoms with Crippen molar-refractivity contribution in [3.05, 3.63) is 35.9 Å². The standard InChI is InChI=1S/C14H21N3/c1-3-10-14(12-8-6-5-7-9-12)11-16-13(15)17(14)4-2/h5-9H,3-4,10-11H2,1-2H3,(H2,15,16). The second kappa shape index (κ2) is 4.78. The lowest BCUT2D eigenvalue weighted by atomic mass is 9.84. The molecule has 3 heteroatoms. The molecular weight excluding hydrogens is 210 g/mol. The Morgan fingerprint density at radius 2 is 2.00 bits per heavy atom. The first-order valence-electron chi connectivity index (χ1n) is 6.37. The highest BCUT2D eigenvalue weighted by Crippen LogP contribution is 2.36. The van der Waals surface area contributed by atoms with Gasteiger partial charge in [-0.25, -0.2) is 0 Å². The van der Waals surface area contributed by atoms with Gasteiger partial charge in [-0.1, -0.05) is 43.7 Å². The largest absolute Gasteiger partial charge is 0.370 e. The van der Waals surface area contributed by atoms with Crippen LogP contribution >= 0.6 is 0 Å². The Morgan fingerprint density at radius 3 is 2.59 bits per heavy atom. The van der Waals surface area contributed by atoms with Gasteiger partial charge in [0.2, 0.25) is 0 Å². The minimum atomic E-state index is -0.0190. The van der Waals surface area contributed by atoms with E-state index in [1.165, 1.54) is 5.56 Å². The van der Waals surface area contributed by atoms with Crippen LogP contribution in [0.1, 0.15) is 32.3 Å². The molecule has 0 aromatic heterocycles. The van der Waals surface area contributed by atoms with Gasteiger partial charge in [-0.3, -0.25) is 4.99 Å². The predicted octanol–water partition coefficient (Wildman–Crippen LogP) is 2.33. The van der Waals surface area contributed by atoms with Gasteiger partial charge in [0.15, 0.2) is 5.96 Å². The fourth-order valence-electron chi connectivity index (χ4n) is 2.83. The van der Waals surface area contributed by atoms with Crippen molar-refractivity contribution in [3.8, 4) is 0 Å². The number of nitrogens with two attached hydrogens (primary N) is 1. The second-order valence-electron chi connectivity index (χ2n) is 4.57. The van der Waals surface area contributed by atoms with E-state index in [1.54, 1.807) is 0 Å². The van der Waals surface area contributed by atoms with Crippen LogP contribution in [0.2, 0.25) is 0 Å². The summed E-state index contributed by atoms with van der Waals surface area (Å²) < 4.78 is 0. The van der Waals surface area contributed by atoms with Crippen LogP contribution in [0.4, 0.5) is 0 Å². The molecule has 0 bridgehead atoms. The molecule has 0 fully saturated rings. The van der Waals surface area contributed by atoms with Crippen LogP contribution in [-0.4, -0.2) is 23.9 Å². The minimum absolute atomic E-state index is 0.0190. The fourth-order valence-corrected chi connectivity index (χ4v) is 2.83. The molecule has 0 aliphatic carbocycles. The monoisotopic (exact) mass is 231 g/mol. The Morgan fingerprint density at radius 1 is 1.29 bits per heavy atom. The molecule has 1 aliphatic heterocycles. The molecule has 2 N–H and O–H groups in total. The van der Waals surface area contributed by atoms with Crippen LogP contribution in [0.5, 0.6) is 0 Å². The van der Waals surface area contributed by atoms with Gasteiger partial charge in [0.25, 0.3) is 0 Å². The molecule has 0 radical (unpaired) electrons. The number of hydrogen-bond donors (Lipinski definition) is 1. The van der Waals surface area contributed by atoms with E-state index in [0.717, 1.165) is 25.9 Å². The van der Waals surface area contributed by atoms with Crippen LogP contribution < -0.4 is 5.73 Å². The number of rotatable bonds is 4. The van der Waals surface area contributed by atoms with Crippen molar-refractivity contribution in [2.75, 3.05) is 13.1 Å². The molecule has 0 saturated carbocycles. The Bertz CT molecular complexity index is 399. The van der Waals surface area contributed by atoms with E-state index in [2.05, 4.69) is 54.1 Å². The van der Waals surface area contributed by atoms with Gasteiger partial charge in [0.1, 0.15) is 0 Å². The van der Waals surface area contributed by atoms with Crippen molar-refractivity contribution < 1.29 is 0 Å². The van der Waals surface area contributed by atoms with Crippen LogP contribution in [-0.2, 0) is 5.54 Å². The predicted molar refractivity (Wildman–Crippen MR) is 71.9 cm³/mol. The van der Waals surface area contributed by atoms with E-state index in [0.29, 0.717) is 5.96 Å². The Hall–Kier alpha value is -1.51. The van der Waals surface area contributed by atoms with Gasteiger partial charge < -0.3 is 10.6 Å². The third kappa shape index (κ3) is 1.90. The maximum absolute atomic E-state index is 6.01. The first-order valence-corrected chi connectivity index (χ1v) is 6.37. The lowest BCUT2D eigenvalue weighted by molar-refractivity contribution is 0.192. The summed E-state index contributed by atoms with van der Waals surface area (Å²) in [4.78, 5) is 6.70. The molecule has 17 heavy (non-hydrogen) atoms. The third-order valence-corrected chi connectivity index (χ3v) is 3.59. The molecule has 92 valence electrons. The lowest BCUT2D eigenvalue weighted by Gasteiger charge is -2.39. The maximum atomic E-state index is 6.01. The summed E-state index contributed by atoms with van der Waals surface area (Å²) in [6, 6.07) is 10.6. The normalized spacial score (nSPS) is 23.9. The van der Waals surface area contributed by atoms with Gasteiger partial charge in [-0.2, -0.15) is 0 Å². The molecule has 0 saturated heterocycles. The highest BCUT2D eigenvalue weighted by atomic mass is 15.4. The van der Waals surface area contributed by atoms with E-state index in [-0.39, 0.29) is 5.54 Å². The zero-order chi connectivity index (χ0) is 12.3. The average molecular weight is 231 g/mol. The quantitative estimate of drug-likeness (QED) is 0.864. The van der Waals surface area contributed by atoms with E-state index in [9.17, 15) is 0 Å². The smallest absolute Gasteiger partial charge is 0.192 e. The molecular formula is C14H21N3. The Balaban J connectivity index is 2.41. The summed E-state index contributed by atoms with van der Waals surface area (Å²) >= 11 is 0. The zero-order valence-corrected chi connectivity index (χ0v) is 10.7. The van der Waals surface area contributed by atoms with E-state index < -0.39 is 0 Å². The minimum Gasteiger partial charge on any atom is -0.370 e. The average Bonchev–Trinajstić information content (AvgIpc) is 2.69.